The van der Waals surface area contributed by atoms with Crippen molar-refractivity contribution in [2.75, 3.05) is 25.6 Å². The molecular formula is C18H17FN4O. The highest BCUT2D eigenvalue weighted by atomic mass is 19.1. The number of nitrogens with one attached hydrogen (secondary N) is 1. The molecule has 0 amide bonds. The van der Waals surface area contributed by atoms with E-state index in [1.165, 1.54) is 6.07 Å². The molecule has 0 saturated heterocycles. The summed E-state index contributed by atoms with van der Waals surface area (Å²) in [7, 11) is 1.63. The molecule has 0 fully saturated rings. The number of nitrogens with zero attached hydrogens (tertiary/aromatic N) is 3. The summed E-state index contributed by atoms with van der Waals surface area (Å²) in [5.41, 5.74) is 1.71. The lowest BCUT2D eigenvalue weighted by atomic mass is 10.1. The molecule has 6 heteroatoms. The molecule has 0 atom stereocenters. The van der Waals surface area contributed by atoms with E-state index in [9.17, 15) is 4.39 Å². The Hall–Kier alpha value is -2.86. The third-order valence-corrected chi connectivity index (χ3v) is 3.41. The van der Waals surface area contributed by atoms with Crippen LogP contribution >= 0.6 is 0 Å². The Labute approximate surface area is 139 Å². The fourth-order valence-corrected chi connectivity index (χ4v) is 2.25. The Morgan fingerprint density at radius 3 is 2.75 bits per heavy atom. The third kappa shape index (κ3) is 3.72. The number of pyridine rings is 1. The van der Waals surface area contributed by atoms with Gasteiger partial charge in [-0.1, -0.05) is 12.1 Å². The molecule has 0 aliphatic carbocycles. The topological polar surface area (TPSA) is 59.9 Å². The number of rotatable bonds is 6. The van der Waals surface area contributed by atoms with Crippen LogP contribution in [0.1, 0.15) is 0 Å². The van der Waals surface area contributed by atoms with E-state index in [0.29, 0.717) is 36.1 Å². The zero-order valence-electron chi connectivity index (χ0n) is 13.2. The van der Waals surface area contributed by atoms with Gasteiger partial charge in [0.15, 0.2) is 5.82 Å². The number of methoxy groups -OCH3 is 1. The number of halogens is 1. The minimum atomic E-state index is -0.323. The molecule has 2 heterocycles. The van der Waals surface area contributed by atoms with Crippen LogP contribution in [0.5, 0.6) is 0 Å². The van der Waals surface area contributed by atoms with Gasteiger partial charge < -0.3 is 10.1 Å². The number of benzene rings is 1. The first-order valence-electron chi connectivity index (χ1n) is 7.55. The van der Waals surface area contributed by atoms with Gasteiger partial charge in [0.1, 0.15) is 11.6 Å². The molecule has 24 heavy (non-hydrogen) atoms. The van der Waals surface area contributed by atoms with Crippen molar-refractivity contribution >= 4 is 5.82 Å². The van der Waals surface area contributed by atoms with Crippen LogP contribution in [0.2, 0.25) is 0 Å². The Kier molecular flexibility index (Phi) is 5.08. The van der Waals surface area contributed by atoms with Crippen LogP contribution < -0.4 is 5.32 Å². The van der Waals surface area contributed by atoms with E-state index in [1.54, 1.807) is 43.8 Å². The first-order chi connectivity index (χ1) is 11.8. The van der Waals surface area contributed by atoms with Crippen molar-refractivity contribution in [3.05, 3.63) is 60.7 Å². The average Bonchev–Trinajstić information content (AvgIpc) is 2.63. The Morgan fingerprint density at radius 1 is 1.12 bits per heavy atom. The zero-order chi connectivity index (χ0) is 16.8. The number of ether oxygens (including phenoxy) is 1. The maximum atomic E-state index is 14.1. The van der Waals surface area contributed by atoms with Gasteiger partial charge in [0, 0.05) is 43.2 Å². The van der Waals surface area contributed by atoms with Gasteiger partial charge in [-0.3, -0.25) is 4.98 Å². The highest BCUT2D eigenvalue weighted by Crippen LogP contribution is 2.25. The van der Waals surface area contributed by atoms with Gasteiger partial charge >= 0.3 is 0 Å². The molecule has 0 unspecified atom stereocenters. The third-order valence-electron chi connectivity index (χ3n) is 3.41. The lowest BCUT2D eigenvalue weighted by Crippen LogP contribution is -2.10. The minimum Gasteiger partial charge on any atom is -0.383 e. The second kappa shape index (κ2) is 7.61. The standard InChI is InChI=1S/C18H17FN4O/c1-24-10-9-21-17-11-16(14-6-2-3-7-15(14)19)22-18(23-17)13-5-4-8-20-12-13/h2-8,11-12H,9-10H2,1H3,(H,21,22,23). The van der Waals surface area contributed by atoms with Crippen molar-refractivity contribution in [1.29, 1.82) is 0 Å². The molecule has 122 valence electrons. The molecule has 3 aromatic rings. The number of hydrogen-bond acceptors (Lipinski definition) is 5. The summed E-state index contributed by atoms with van der Waals surface area (Å²) in [5.74, 6) is 0.777. The molecule has 3 rings (SSSR count). The van der Waals surface area contributed by atoms with E-state index in [0.717, 1.165) is 5.56 Å². The normalized spacial score (nSPS) is 10.6. The molecule has 1 N–H and O–H groups in total. The quantitative estimate of drug-likeness (QED) is 0.704. The van der Waals surface area contributed by atoms with E-state index in [2.05, 4.69) is 20.3 Å². The van der Waals surface area contributed by atoms with E-state index in [1.807, 2.05) is 12.1 Å². The highest BCUT2D eigenvalue weighted by molar-refractivity contribution is 5.67. The van der Waals surface area contributed by atoms with Gasteiger partial charge in [0.25, 0.3) is 0 Å². The molecule has 0 bridgehead atoms. The van der Waals surface area contributed by atoms with Crippen molar-refractivity contribution in [1.82, 2.24) is 15.0 Å². The lowest BCUT2D eigenvalue weighted by Gasteiger charge is -2.10. The molecule has 0 saturated carbocycles. The van der Waals surface area contributed by atoms with Gasteiger partial charge in [0.2, 0.25) is 0 Å². The van der Waals surface area contributed by atoms with Crippen LogP contribution in [0.15, 0.2) is 54.9 Å². The number of aromatic nitrogens is 3. The van der Waals surface area contributed by atoms with Gasteiger partial charge in [-0.15, -0.1) is 0 Å². The molecule has 0 aliphatic heterocycles. The maximum absolute atomic E-state index is 14.1. The van der Waals surface area contributed by atoms with Crippen molar-refractivity contribution in [3.63, 3.8) is 0 Å². The van der Waals surface area contributed by atoms with Crippen molar-refractivity contribution < 1.29 is 9.13 Å². The van der Waals surface area contributed by atoms with E-state index < -0.39 is 0 Å². The van der Waals surface area contributed by atoms with Gasteiger partial charge in [-0.25, -0.2) is 14.4 Å². The summed E-state index contributed by atoms with van der Waals surface area (Å²) in [4.78, 5) is 13.1. The summed E-state index contributed by atoms with van der Waals surface area (Å²) in [5, 5.41) is 3.17. The maximum Gasteiger partial charge on any atom is 0.163 e. The summed E-state index contributed by atoms with van der Waals surface area (Å²) >= 11 is 0. The predicted molar refractivity (Wildman–Crippen MR) is 91.0 cm³/mol. The number of hydrogen-bond donors (Lipinski definition) is 1. The van der Waals surface area contributed by atoms with Crippen LogP contribution in [0.3, 0.4) is 0 Å². The second-order valence-corrected chi connectivity index (χ2v) is 5.10. The number of anilines is 1. The summed E-state index contributed by atoms with van der Waals surface area (Å²) in [6.07, 6.45) is 3.36. The van der Waals surface area contributed by atoms with Crippen LogP contribution in [-0.4, -0.2) is 35.2 Å². The first-order valence-corrected chi connectivity index (χ1v) is 7.55. The van der Waals surface area contributed by atoms with Crippen LogP contribution in [0.4, 0.5) is 10.2 Å². The van der Waals surface area contributed by atoms with Crippen molar-refractivity contribution in [2.45, 2.75) is 0 Å². The SMILES string of the molecule is COCCNc1cc(-c2ccccc2F)nc(-c2cccnc2)n1. The van der Waals surface area contributed by atoms with Crippen molar-refractivity contribution in [3.8, 4) is 22.6 Å². The average molecular weight is 324 g/mol. The highest BCUT2D eigenvalue weighted by Gasteiger charge is 2.11. The molecule has 1 aromatic carbocycles. The Balaban J connectivity index is 2.04. The van der Waals surface area contributed by atoms with Crippen molar-refractivity contribution in [2.24, 2.45) is 0 Å². The van der Waals surface area contributed by atoms with Crippen LogP contribution in [0.25, 0.3) is 22.6 Å². The van der Waals surface area contributed by atoms with E-state index in [4.69, 9.17) is 4.74 Å². The molecular weight excluding hydrogens is 307 g/mol. The van der Waals surface area contributed by atoms with Gasteiger partial charge in [-0.2, -0.15) is 0 Å². The fourth-order valence-electron chi connectivity index (χ4n) is 2.25. The summed E-state index contributed by atoms with van der Waals surface area (Å²) in [6.45, 7) is 1.14. The molecule has 0 radical (unpaired) electrons. The van der Waals surface area contributed by atoms with E-state index in [-0.39, 0.29) is 5.82 Å². The molecule has 5 nitrogen and oxygen atoms in total. The second-order valence-electron chi connectivity index (χ2n) is 5.10. The summed E-state index contributed by atoms with van der Waals surface area (Å²) < 4.78 is 19.2. The Bertz CT molecular complexity index is 811. The van der Waals surface area contributed by atoms with Crippen LogP contribution in [-0.2, 0) is 4.74 Å². The monoisotopic (exact) mass is 324 g/mol. The minimum absolute atomic E-state index is 0.323. The zero-order valence-corrected chi connectivity index (χ0v) is 13.2. The molecule has 0 spiro atoms. The predicted octanol–water partition coefficient (Wildman–Crippen LogP) is 3.40. The Morgan fingerprint density at radius 2 is 2.00 bits per heavy atom. The van der Waals surface area contributed by atoms with Gasteiger partial charge in [0.05, 0.1) is 12.3 Å². The largest absolute Gasteiger partial charge is 0.383 e. The van der Waals surface area contributed by atoms with Crippen LogP contribution in [0, 0.1) is 5.82 Å². The molecule has 2 aromatic heterocycles. The summed E-state index contributed by atoms with van der Waals surface area (Å²) in [6, 6.07) is 12.0. The molecule has 0 aliphatic rings. The van der Waals surface area contributed by atoms with E-state index >= 15 is 0 Å². The smallest absolute Gasteiger partial charge is 0.163 e. The fraction of sp³-hybridized carbons (Fsp3) is 0.167. The lowest BCUT2D eigenvalue weighted by molar-refractivity contribution is 0.210. The van der Waals surface area contributed by atoms with Gasteiger partial charge in [-0.05, 0) is 24.3 Å². The first kappa shape index (κ1) is 16.0.